The molecular formula is C15H26N2O3S. The van der Waals surface area contributed by atoms with Gasteiger partial charge < -0.3 is 15.3 Å². The Morgan fingerprint density at radius 3 is 2.71 bits per heavy atom. The van der Waals surface area contributed by atoms with Crippen molar-refractivity contribution in [2.24, 2.45) is 5.92 Å². The van der Waals surface area contributed by atoms with E-state index in [-0.39, 0.29) is 6.03 Å². The minimum Gasteiger partial charge on any atom is -0.479 e. The Balaban J connectivity index is 1.94. The molecule has 21 heavy (non-hydrogen) atoms. The summed E-state index contributed by atoms with van der Waals surface area (Å²) in [6, 6.07) is -0.193. The summed E-state index contributed by atoms with van der Waals surface area (Å²) in [5.41, 5.74) is -0.985. The first-order chi connectivity index (χ1) is 10.1. The molecule has 1 unspecified atom stereocenters. The first kappa shape index (κ1) is 16.5. The lowest BCUT2D eigenvalue weighted by Gasteiger charge is -2.35. The maximum Gasteiger partial charge on any atom is 0.329 e. The van der Waals surface area contributed by atoms with Crippen LogP contribution in [0.4, 0.5) is 4.79 Å². The van der Waals surface area contributed by atoms with Gasteiger partial charge in [-0.25, -0.2) is 9.59 Å². The number of carboxylic acid groups (broad SMARTS) is 1. The van der Waals surface area contributed by atoms with E-state index in [4.69, 9.17) is 0 Å². The van der Waals surface area contributed by atoms with Gasteiger partial charge in [0.05, 0.1) is 0 Å². The number of carboxylic acids is 1. The summed E-state index contributed by atoms with van der Waals surface area (Å²) in [4.78, 5) is 25.7. The second-order valence-corrected chi connectivity index (χ2v) is 7.31. The van der Waals surface area contributed by atoms with E-state index in [1.54, 1.807) is 4.90 Å². The minimum atomic E-state index is -0.985. The molecule has 0 aromatic carbocycles. The van der Waals surface area contributed by atoms with Crippen molar-refractivity contribution in [3.8, 4) is 0 Å². The van der Waals surface area contributed by atoms with Crippen molar-refractivity contribution in [1.82, 2.24) is 10.2 Å². The zero-order valence-corrected chi connectivity index (χ0v) is 13.6. The average molecular weight is 314 g/mol. The number of nitrogens with one attached hydrogen (secondary N) is 1. The standard InChI is InChI=1S/C15H26N2O3S/c1-2-6-15(13(18)19)7-3-8-17(15)14(20)16-11-12-4-9-21-10-5-12/h12H,2-11H2,1H3,(H,16,20)(H,18,19). The molecule has 2 aliphatic rings. The second-order valence-electron chi connectivity index (χ2n) is 6.08. The van der Waals surface area contributed by atoms with Gasteiger partial charge in [-0.2, -0.15) is 11.8 Å². The summed E-state index contributed by atoms with van der Waals surface area (Å²) >= 11 is 1.97. The molecule has 0 spiro atoms. The summed E-state index contributed by atoms with van der Waals surface area (Å²) in [6.45, 7) is 3.20. The lowest BCUT2D eigenvalue weighted by molar-refractivity contribution is -0.148. The Labute approximate surface area is 130 Å². The van der Waals surface area contributed by atoms with Crippen LogP contribution in [0.2, 0.25) is 0 Å². The fourth-order valence-corrected chi connectivity index (χ4v) is 4.66. The third-order valence-corrected chi connectivity index (χ3v) is 5.73. The number of likely N-dealkylation sites (tertiary alicyclic amines) is 1. The Kier molecular flexibility index (Phi) is 5.79. The van der Waals surface area contributed by atoms with Crippen LogP contribution in [0, 0.1) is 5.92 Å². The van der Waals surface area contributed by atoms with Gasteiger partial charge in [0.2, 0.25) is 0 Å². The fourth-order valence-electron chi connectivity index (χ4n) is 3.45. The Morgan fingerprint density at radius 2 is 2.10 bits per heavy atom. The highest BCUT2D eigenvalue weighted by Gasteiger charge is 2.49. The average Bonchev–Trinajstić information content (AvgIpc) is 2.91. The summed E-state index contributed by atoms with van der Waals surface area (Å²) in [5.74, 6) is 2.02. The smallest absolute Gasteiger partial charge is 0.329 e. The molecule has 5 nitrogen and oxygen atoms in total. The Morgan fingerprint density at radius 1 is 1.38 bits per heavy atom. The zero-order chi connectivity index (χ0) is 15.3. The van der Waals surface area contributed by atoms with Gasteiger partial charge in [-0.1, -0.05) is 13.3 Å². The molecule has 2 heterocycles. The van der Waals surface area contributed by atoms with Crippen LogP contribution < -0.4 is 5.32 Å². The van der Waals surface area contributed by atoms with Gasteiger partial charge >= 0.3 is 12.0 Å². The second kappa shape index (κ2) is 7.38. The number of carbonyl (C=O) groups is 2. The molecule has 0 aliphatic carbocycles. The highest BCUT2D eigenvalue weighted by Crippen LogP contribution is 2.34. The van der Waals surface area contributed by atoms with E-state index in [0.29, 0.717) is 31.8 Å². The molecule has 0 radical (unpaired) electrons. The molecule has 120 valence electrons. The SMILES string of the molecule is CCCC1(C(=O)O)CCCN1C(=O)NCC1CCSCC1. The topological polar surface area (TPSA) is 69.6 Å². The van der Waals surface area contributed by atoms with Crippen LogP contribution >= 0.6 is 11.8 Å². The Bertz CT molecular complexity index is 385. The zero-order valence-electron chi connectivity index (χ0n) is 12.8. The number of urea groups is 1. The largest absolute Gasteiger partial charge is 0.479 e. The first-order valence-corrected chi connectivity index (χ1v) is 9.12. The molecule has 0 bridgehead atoms. The molecule has 2 rings (SSSR count). The number of amides is 2. The van der Waals surface area contributed by atoms with E-state index in [2.05, 4.69) is 5.32 Å². The molecule has 0 aromatic rings. The van der Waals surface area contributed by atoms with Crippen molar-refractivity contribution < 1.29 is 14.7 Å². The lowest BCUT2D eigenvalue weighted by atomic mass is 9.91. The van der Waals surface area contributed by atoms with Gasteiger partial charge in [0.15, 0.2) is 0 Å². The van der Waals surface area contributed by atoms with Crippen LogP contribution in [-0.2, 0) is 4.79 Å². The van der Waals surface area contributed by atoms with Gasteiger partial charge in [-0.15, -0.1) is 0 Å². The van der Waals surface area contributed by atoms with Crippen molar-refractivity contribution in [2.45, 2.75) is 51.0 Å². The van der Waals surface area contributed by atoms with Crippen molar-refractivity contribution >= 4 is 23.8 Å². The monoisotopic (exact) mass is 314 g/mol. The van der Waals surface area contributed by atoms with Crippen LogP contribution in [0.1, 0.15) is 45.4 Å². The molecule has 2 saturated heterocycles. The van der Waals surface area contributed by atoms with Gasteiger partial charge in [-0.3, -0.25) is 0 Å². The van der Waals surface area contributed by atoms with Crippen molar-refractivity contribution in [3.63, 3.8) is 0 Å². The number of hydrogen-bond donors (Lipinski definition) is 2. The predicted octanol–water partition coefficient (Wildman–Crippen LogP) is 2.56. The van der Waals surface area contributed by atoms with Crippen LogP contribution in [0.5, 0.6) is 0 Å². The van der Waals surface area contributed by atoms with Gasteiger partial charge in [0.1, 0.15) is 5.54 Å². The summed E-state index contributed by atoms with van der Waals surface area (Å²) in [5, 5.41) is 12.6. The van der Waals surface area contributed by atoms with Gasteiger partial charge in [0, 0.05) is 13.1 Å². The third-order valence-electron chi connectivity index (χ3n) is 4.68. The van der Waals surface area contributed by atoms with Crippen molar-refractivity contribution in [3.05, 3.63) is 0 Å². The number of hydrogen-bond acceptors (Lipinski definition) is 3. The van der Waals surface area contributed by atoms with E-state index in [1.165, 1.54) is 11.5 Å². The number of aliphatic carboxylic acids is 1. The normalized spacial score (nSPS) is 26.8. The van der Waals surface area contributed by atoms with E-state index >= 15 is 0 Å². The van der Waals surface area contributed by atoms with Crippen LogP contribution in [-0.4, -0.2) is 52.1 Å². The van der Waals surface area contributed by atoms with Gasteiger partial charge in [-0.05, 0) is 49.5 Å². The molecular weight excluding hydrogens is 288 g/mol. The number of nitrogens with zero attached hydrogens (tertiary/aromatic N) is 1. The van der Waals surface area contributed by atoms with E-state index in [0.717, 1.165) is 25.7 Å². The highest BCUT2D eigenvalue weighted by molar-refractivity contribution is 7.99. The summed E-state index contributed by atoms with van der Waals surface area (Å²) < 4.78 is 0. The maximum atomic E-state index is 12.4. The predicted molar refractivity (Wildman–Crippen MR) is 84.7 cm³/mol. The number of thioether (sulfide) groups is 1. The molecule has 2 fully saturated rings. The van der Waals surface area contributed by atoms with Crippen LogP contribution in [0.15, 0.2) is 0 Å². The van der Waals surface area contributed by atoms with Crippen LogP contribution in [0.25, 0.3) is 0 Å². The third kappa shape index (κ3) is 3.65. The van der Waals surface area contributed by atoms with E-state index in [9.17, 15) is 14.7 Å². The fraction of sp³-hybridized carbons (Fsp3) is 0.867. The van der Waals surface area contributed by atoms with Gasteiger partial charge in [0.25, 0.3) is 0 Å². The van der Waals surface area contributed by atoms with E-state index < -0.39 is 11.5 Å². The van der Waals surface area contributed by atoms with Crippen LogP contribution in [0.3, 0.4) is 0 Å². The molecule has 2 aliphatic heterocycles. The lowest BCUT2D eigenvalue weighted by Crippen LogP contribution is -2.56. The number of rotatable bonds is 5. The highest BCUT2D eigenvalue weighted by atomic mass is 32.2. The van der Waals surface area contributed by atoms with Crippen molar-refractivity contribution in [2.75, 3.05) is 24.6 Å². The first-order valence-electron chi connectivity index (χ1n) is 7.97. The molecule has 2 amide bonds. The molecule has 1 atom stereocenters. The summed E-state index contributed by atoms with van der Waals surface area (Å²) in [7, 11) is 0. The summed E-state index contributed by atoms with van der Waals surface area (Å²) in [6.07, 6.45) is 4.95. The number of carbonyl (C=O) groups excluding carboxylic acids is 1. The maximum absolute atomic E-state index is 12.4. The van der Waals surface area contributed by atoms with E-state index in [1.807, 2.05) is 18.7 Å². The molecule has 0 aromatic heterocycles. The molecule has 6 heteroatoms. The van der Waals surface area contributed by atoms with Crippen molar-refractivity contribution in [1.29, 1.82) is 0 Å². The molecule has 0 saturated carbocycles. The Hall–Kier alpha value is -0.910. The minimum absolute atomic E-state index is 0.193. The molecule has 2 N–H and O–H groups in total. The quantitative estimate of drug-likeness (QED) is 0.818.